The van der Waals surface area contributed by atoms with Gasteiger partial charge in [-0.05, 0) is 62.4 Å². The second-order valence-electron chi connectivity index (χ2n) is 7.21. The van der Waals surface area contributed by atoms with Crippen LogP contribution in [-0.4, -0.2) is 10.2 Å². The first-order valence-corrected chi connectivity index (χ1v) is 10.9. The average Bonchev–Trinajstić information content (AvgIpc) is 3.17. The molecular formula is C25H41Cl3SiTi-2. The number of aryl methyl sites for hydroxylation is 1. The molecule has 0 aliphatic rings. The molecule has 0 saturated carbocycles. The van der Waals surface area contributed by atoms with E-state index in [1.54, 1.807) is 0 Å². The predicted molar refractivity (Wildman–Crippen MR) is 124 cm³/mol. The minimum absolute atomic E-state index is 0. The van der Waals surface area contributed by atoms with E-state index in [9.17, 15) is 0 Å². The summed E-state index contributed by atoms with van der Waals surface area (Å²) in [5.41, 5.74) is 8.80. The van der Waals surface area contributed by atoms with Crippen LogP contribution in [0.15, 0.2) is 24.3 Å². The van der Waals surface area contributed by atoms with Crippen LogP contribution < -0.4 is 42.4 Å². The van der Waals surface area contributed by atoms with Gasteiger partial charge in [0.2, 0.25) is 0 Å². The zero-order valence-electron chi connectivity index (χ0n) is 20.1. The fraction of sp³-hybridized carbons (Fsp3) is 0.520. The molecule has 2 aromatic carbocycles. The number of halogens is 3. The van der Waals surface area contributed by atoms with E-state index in [1.165, 1.54) is 70.7 Å². The Morgan fingerprint density at radius 2 is 1.23 bits per heavy atom. The maximum Gasteiger partial charge on any atom is 3.00 e. The van der Waals surface area contributed by atoms with Crippen LogP contribution in [0.5, 0.6) is 0 Å². The third-order valence-corrected chi connectivity index (χ3v) is 6.37. The second kappa shape index (κ2) is 24.0. The molecule has 0 saturated heterocycles. The van der Waals surface area contributed by atoms with Crippen LogP contribution in [0.4, 0.5) is 0 Å². The second-order valence-corrected chi connectivity index (χ2v) is 7.91. The van der Waals surface area contributed by atoms with Gasteiger partial charge in [-0.3, -0.25) is 0 Å². The van der Waals surface area contributed by atoms with E-state index in [1.807, 2.05) is 10.2 Å². The number of benzene rings is 1. The Balaban J connectivity index is -0.000000105. The third kappa shape index (κ3) is 15.2. The van der Waals surface area contributed by atoms with Gasteiger partial charge in [-0.15, -0.1) is 0 Å². The van der Waals surface area contributed by atoms with E-state index in [-0.39, 0.29) is 58.9 Å². The van der Waals surface area contributed by atoms with Crippen molar-refractivity contribution in [2.75, 3.05) is 0 Å². The number of unbranched alkanes of at least 4 members (excludes halogenated alkanes) is 3. The summed E-state index contributed by atoms with van der Waals surface area (Å²) in [5.74, 6) is 0. The van der Waals surface area contributed by atoms with Crippen molar-refractivity contribution >= 4 is 15.4 Å². The average molecular weight is 524 g/mol. The fourth-order valence-corrected chi connectivity index (χ4v) is 3.32. The van der Waals surface area contributed by atoms with Crippen molar-refractivity contribution in [2.24, 2.45) is 0 Å². The summed E-state index contributed by atoms with van der Waals surface area (Å²) >= 11 is 0. The summed E-state index contributed by atoms with van der Waals surface area (Å²) in [6.45, 7) is 19.2. The largest absolute Gasteiger partial charge is 3.00 e. The quantitative estimate of drug-likeness (QED) is 0.295. The molecule has 0 unspecified atom stereocenters. The van der Waals surface area contributed by atoms with E-state index < -0.39 is 0 Å². The molecule has 0 fully saturated rings. The summed E-state index contributed by atoms with van der Waals surface area (Å²) in [7, 11) is 2.00. The molecule has 5 heteroatoms. The zero-order chi connectivity index (χ0) is 20.1. The Morgan fingerprint density at radius 1 is 0.800 bits per heavy atom. The minimum atomic E-state index is 0. The summed E-state index contributed by atoms with van der Waals surface area (Å²) in [6.07, 6.45) is 7.53. The van der Waals surface area contributed by atoms with Gasteiger partial charge in [0.15, 0.2) is 0 Å². The molecular weight excluding hydrogens is 483 g/mol. The van der Waals surface area contributed by atoms with Crippen molar-refractivity contribution in [1.29, 1.82) is 0 Å². The molecule has 0 amide bonds. The normalized spacial score (nSPS) is 8.57. The molecule has 2 aromatic rings. The molecule has 0 aliphatic carbocycles. The van der Waals surface area contributed by atoms with Crippen molar-refractivity contribution in [1.82, 2.24) is 0 Å². The number of hydrogen-bond acceptors (Lipinski definition) is 0. The first kappa shape index (κ1) is 40.7. The molecule has 0 aromatic heterocycles. The SMILES string of the molecule is CCCCc1ccc[cH-]1.Cc1c(C)c(C)c([SiH2])c(C)c1C.[CH2-]CCCC.[Cl-].[Cl-].[Cl-].[Ti+3]. The van der Waals surface area contributed by atoms with Crippen molar-refractivity contribution in [2.45, 2.75) is 87.0 Å². The van der Waals surface area contributed by atoms with Gasteiger partial charge in [-0.25, -0.2) is 12.1 Å². The predicted octanol–water partition coefficient (Wildman–Crippen LogP) is -2.74. The first-order chi connectivity index (χ1) is 12.3. The monoisotopic (exact) mass is 522 g/mol. The van der Waals surface area contributed by atoms with Crippen LogP contribution in [0.3, 0.4) is 0 Å². The molecule has 172 valence electrons. The molecule has 30 heavy (non-hydrogen) atoms. The maximum absolute atomic E-state index is 3.68. The van der Waals surface area contributed by atoms with Crippen LogP contribution in [0.25, 0.3) is 0 Å². The molecule has 0 N–H and O–H groups in total. The molecule has 0 heterocycles. The van der Waals surface area contributed by atoms with E-state index in [2.05, 4.69) is 79.7 Å². The van der Waals surface area contributed by atoms with Crippen molar-refractivity contribution in [3.8, 4) is 0 Å². The van der Waals surface area contributed by atoms with Crippen molar-refractivity contribution in [3.05, 3.63) is 64.6 Å². The summed E-state index contributed by atoms with van der Waals surface area (Å²) in [5, 5.41) is 1.48. The summed E-state index contributed by atoms with van der Waals surface area (Å²) in [6, 6.07) is 8.58. The van der Waals surface area contributed by atoms with Crippen molar-refractivity contribution < 1.29 is 58.9 Å². The Hall–Kier alpha value is 0.371. The van der Waals surface area contributed by atoms with E-state index in [4.69, 9.17) is 0 Å². The van der Waals surface area contributed by atoms with Gasteiger partial charge in [-0.2, -0.15) is 24.1 Å². The fourth-order valence-electron chi connectivity index (χ4n) is 2.79. The van der Waals surface area contributed by atoms with Crippen molar-refractivity contribution in [3.63, 3.8) is 0 Å². The van der Waals surface area contributed by atoms with E-state index >= 15 is 0 Å². The van der Waals surface area contributed by atoms with E-state index in [0.717, 1.165) is 6.42 Å². The molecule has 2 radical (unpaired) electrons. The smallest absolute Gasteiger partial charge is 1.00 e. The summed E-state index contributed by atoms with van der Waals surface area (Å²) < 4.78 is 0. The zero-order valence-corrected chi connectivity index (χ0v) is 25.3. The van der Waals surface area contributed by atoms with Gasteiger partial charge >= 0.3 is 21.7 Å². The Morgan fingerprint density at radius 3 is 1.53 bits per heavy atom. The molecule has 0 atom stereocenters. The minimum Gasteiger partial charge on any atom is -1.00 e. The van der Waals surface area contributed by atoms with Gasteiger partial charge in [0, 0.05) is 10.2 Å². The number of rotatable bonds is 5. The standard InChI is InChI=1S/C11H17Si.C9H13.C5H11.3ClH.Ti/c1-6-7(2)9(4)11(12)10(5)8(6)3;1-2-3-6-9-7-4-5-8-9;1-3-5-4-2;;;;/h12H2,1-5H3;4-5,7-8H,2-3,6H2,1H3;1,3-5H2,2H3;3*1H;/q;2*-1;;;;+3/p-3. The molecule has 0 bridgehead atoms. The third-order valence-electron chi connectivity index (χ3n) is 5.31. The van der Waals surface area contributed by atoms with Gasteiger partial charge in [-0.1, -0.05) is 51.1 Å². The Kier molecular flexibility index (Phi) is 32.6. The van der Waals surface area contributed by atoms with Gasteiger partial charge in [0.1, 0.15) is 0 Å². The summed E-state index contributed by atoms with van der Waals surface area (Å²) in [4.78, 5) is 0. The van der Waals surface area contributed by atoms with Gasteiger partial charge in [0.05, 0.1) is 0 Å². The van der Waals surface area contributed by atoms with Crippen LogP contribution in [-0.2, 0) is 28.1 Å². The topological polar surface area (TPSA) is 0 Å². The van der Waals surface area contributed by atoms with Crippen LogP contribution in [0.2, 0.25) is 0 Å². The first-order valence-electron chi connectivity index (χ1n) is 10.2. The van der Waals surface area contributed by atoms with Crippen LogP contribution >= 0.6 is 0 Å². The van der Waals surface area contributed by atoms with E-state index in [0.29, 0.717) is 0 Å². The Bertz CT molecular complexity index is 519. The molecule has 0 nitrogen and oxygen atoms in total. The Labute approximate surface area is 224 Å². The van der Waals surface area contributed by atoms with Gasteiger partial charge < -0.3 is 44.1 Å². The maximum atomic E-state index is 3.68. The molecule has 2 rings (SSSR count). The van der Waals surface area contributed by atoms with Crippen LogP contribution in [0, 0.1) is 41.5 Å². The number of hydrogen-bond donors (Lipinski definition) is 0. The van der Waals surface area contributed by atoms with Gasteiger partial charge in [0.25, 0.3) is 0 Å². The molecule has 0 spiro atoms. The molecule has 0 aliphatic heterocycles. The van der Waals surface area contributed by atoms with Crippen LogP contribution in [0.1, 0.15) is 79.3 Å².